The number of halogens is 1. The lowest BCUT2D eigenvalue weighted by molar-refractivity contribution is 0.0935. The molecule has 0 saturated heterocycles. The van der Waals surface area contributed by atoms with Crippen LogP contribution in [0.4, 0.5) is 10.1 Å². The Morgan fingerprint density at radius 3 is 2.22 bits per heavy atom. The number of carbonyl (C=O) groups is 2. The van der Waals surface area contributed by atoms with Gasteiger partial charge < -0.3 is 10.6 Å². The van der Waals surface area contributed by atoms with Gasteiger partial charge in [0, 0.05) is 23.6 Å². The highest BCUT2D eigenvalue weighted by Crippen LogP contribution is 2.15. The summed E-state index contributed by atoms with van der Waals surface area (Å²) in [5, 5.41) is 5.54. The van der Waals surface area contributed by atoms with Gasteiger partial charge in [-0.1, -0.05) is 42.5 Å². The average Bonchev–Trinajstić information content (AvgIpc) is 2.89. The van der Waals surface area contributed by atoms with Crippen molar-refractivity contribution in [2.75, 3.05) is 5.32 Å². The lowest BCUT2D eigenvalue weighted by Gasteiger charge is -2.15. The molecule has 4 aromatic rings. The number of aryl methyl sites for hydroxylation is 1. The van der Waals surface area contributed by atoms with E-state index in [0.717, 1.165) is 12.8 Å². The predicted molar refractivity (Wildman–Crippen MR) is 138 cm³/mol. The quantitative estimate of drug-likeness (QED) is 0.371. The Balaban J connectivity index is 1.43. The fourth-order valence-electron chi connectivity index (χ4n) is 3.82. The lowest BCUT2D eigenvalue weighted by Crippen LogP contribution is -2.37. The Hall–Kier alpha value is -4.52. The van der Waals surface area contributed by atoms with E-state index < -0.39 is 23.2 Å². The zero-order valence-electron chi connectivity index (χ0n) is 19.8. The zero-order chi connectivity index (χ0) is 25.5. The summed E-state index contributed by atoms with van der Waals surface area (Å²) in [4.78, 5) is 38.2. The molecule has 0 fully saturated rings. The summed E-state index contributed by atoms with van der Waals surface area (Å²) < 4.78 is 15.2. The van der Waals surface area contributed by atoms with E-state index in [1.165, 1.54) is 34.4 Å². The third-order valence-corrected chi connectivity index (χ3v) is 5.80. The Labute approximate surface area is 208 Å². The summed E-state index contributed by atoms with van der Waals surface area (Å²) in [6.07, 6.45) is 3.14. The normalized spacial score (nSPS) is 11.5. The number of anilines is 1. The highest BCUT2D eigenvalue weighted by molar-refractivity contribution is 6.04. The molecule has 0 bridgehead atoms. The smallest absolute Gasteiger partial charge is 0.267 e. The van der Waals surface area contributed by atoms with Crippen LogP contribution in [0.2, 0.25) is 0 Å². The number of pyridine rings is 1. The molecule has 0 spiro atoms. The van der Waals surface area contributed by atoms with Gasteiger partial charge in [-0.2, -0.15) is 0 Å². The van der Waals surface area contributed by atoms with Crippen LogP contribution in [0.3, 0.4) is 0 Å². The molecular formula is C29H26FN3O3. The second kappa shape index (κ2) is 11.3. The molecule has 3 aromatic carbocycles. The Morgan fingerprint density at radius 1 is 0.833 bits per heavy atom. The van der Waals surface area contributed by atoms with Gasteiger partial charge >= 0.3 is 0 Å². The highest BCUT2D eigenvalue weighted by atomic mass is 19.1. The molecule has 6 nitrogen and oxygen atoms in total. The van der Waals surface area contributed by atoms with Gasteiger partial charge in [-0.3, -0.25) is 19.0 Å². The fourth-order valence-corrected chi connectivity index (χ4v) is 3.82. The van der Waals surface area contributed by atoms with Gasteiger partial charge in [0.2, 0.25) is 0 Å². The number of nitrogens with zero attached hydrogens (tertiary/aromatic N) is 1. The molecule has 36 heavy (non-hydrogen) atoms. The number of amides is 2. The summed E-state index contributed by atoms with van der Waals surface area (Å²) >= 11 is 0. The number of aromatic nitrogens is 1. The molecule has 1 heterocycles. The van der Waals surface area contributed by atoms with Crippen LogP contribution in [0.1, 0.15) is 39.6 Å². The minimum Gasteiger partial charge on any atom is -0.349 e. The van der Waals surface area contributed by atoms with Crippen LogP contribution in [-0.2, 0) is 6.42 Å². The predicted octanol–water partition coefficient (Wildman–Crippen LogP) is 4.98. The Morgan fingerprint density at radius 2 is 1.50 bits per heavy atom. The van der Waals surface area contributed by atoms with Crippen molar-refractivity contribution in [1.82, 2.24) is 9.88 Å². The van der Waals surface area contributed by atoms with Crippen molar-refractivity contribution in [3.05, 3.63) is 130 Å². The van der Waals surface area contributed by atoms with Crippen LogP contribution in [0.15, 0.2) is 102 Å². The van der Waals surface area contributed by atoms with Crippen LogP contribution in [-0.4, -0.2) is 22.4 Å². The van der Waals surface area contributed by atoms with E-state index >= 15 is 0 Å². The average molecular weight is 484 g/mol. The number of hydrogen-bond donors (Lipinski definition) is 2. The second-order valence-electron chi connectivity index (χ2n) is 8.48. The molecule has 182 valence electrons. The SMILES string of the molecule is CC(CCc1ccccc1)NC(=O)c1cccn(-c2ccc(NC(=O)c3ccccc3F)cc2)c1=O. The Bertz CT molecular complexity index is 1420. The van der Waals surface area contributed by atoms with Gasteiger partial charge in [0.1, 0.15) is 11.4 Å². The van der Waals surface area contributed by atoms with Crippen molar-refractivity contribution in [2.24, 2.45) is 0 Å². The van der Waals surface area contributed by atoms with E-state index in [9.17, 15) is 18.8 Å². The third-order valence-electron chi connectivity index (χ3n) is 5.80. The summed E-state index contributed by atoms with van der Waals surface area (Å²) in [6.45, 7) is 1.91. The van der Waals surface area contributed by atoms with Crippen molar-refractivity contribution in [1.29, 1.82) is 0 Å². The number of nitrogens with one attached hydrogen (secondary N) is 2. The topological polar surface area (TPSA) is 80.2 Å². The minimum atomic E-state index is -0.609. The van der Waals surface area contributed by atoms with Crippen LogP contribution in [0.5, 0.6) is 0 Å². The van der Waals surface area contributed by atoms with E-state index in [2.05, 4.69) is 10.6 Å². The molecule has 2 amide bonds. The first-order valence-electron chi connectivity index (χ1n) is 11.6. The monoisotopic (exact) mass is 483 g/mol. The van der Waals surface area contributed by atoms with E-state index in [4.69, 9.17) is 0 Å². The van der Waals surface area contributed by atoms with Gasteiger partial charge in [-0.25, -0.2) is 4.39 Å². The van der Waals surface area contributed by atoms with Crippen molar-refractivity contribution < 1.29 is 14.0 Å². The minimum absolute atomic E-state index is 0.0426. The van der Waals surface area contributed by atoms with Crippen LogP contribution in [0.25, 0.3) is 5.69 Å². The lowest BCUT2D eigenvalue weighted by atomic mass is 10.1. The molecule has 1 atom stereocenters. The summed E-state index contributed by atoms with van der Waals surface area (Å²) in [5.41, 5.74) is 1.69. The van der Waals surface area contributed by atoms with Crippen LogP contribution < -0.4 is 16.2 Å². The van der Waals surface area contributed by atoms with E-state index in [1.807, 2.05) is 37.3 Å². The van der Waals surface area contributed by atoms with Gasteiger partial charge in [0.05, 0.1) is 5.56 Å². The standard InChI is InChI=1S/C29H26FN3O3/c1-20(13-14-21-8-3-2-4-9-21)31-28(35)25-11-7-19-33(29(25)36)23-17-15-22(16-18-23)32-27(34)24-10-5-6-12-26(24)30/h2-12,15-20H,13-14H2,1H3,(H,31,35)(H,32,34). The zero-order valence-corrected chi connectivity index (χ0v) is 19.8. The van der Waals surface area contributed by atoms with Gasteiger partial charge in [0.25, 0.3) is 17.4 Å². The summed E-state index contributed by atoms with van der Waals surface area (Å²) in [6, 6.07) is 25.3. The van der Waals surface area contributed by atoms with Gasteiger partial charge in [-0.15, -0.1) is 0 Å². The molecule has 0 aliphatic carbocycles. The van der Waals surface area contributed by atoms with Crippen LogP contribution in [0, 0.1) is 5.82 Å². The molecule has 4 rings (SSSR count). The molecule has 0 aliphatic rings. The summed E-state index contributed by atoms with van der Waals surface area (Å²) in [7, 11) is 0. The molecule has 0 radical (unpaired) electrons. The van der Waals surface area contributed by atoms with Gasteiger partial charge in [-0.05, 0) is 73.9 Å². The first kappa shape index (κ1) is 24.6. The number of rotatable bonds is 8. The molecule has 1 aromatic heterocycles. The second-order valence-corrected chi connectivity index (χ2v) is 8.48. The van der Waals surface area contributed by atoms with Crippen LogP contribution >= 0.6 is 0 Å². The Kier molecular flexibility index (Phi) is 7.70. The molecule has 1 unspecified atom stereocenters. The summed E-state index contributed by atoms with van der Waals surface area (Å²) in [5.74, 6) is -1.61. The fraction of sp³-hybridized carbons (Fsp3) is 0.138. The first-order chi connectivity index (χ1) is 17.4. The van der Waals surface area contributed by atoms with Crippen molar-refractivity contribution in [3.63, 3.8) is 0 Å². The van der Waals surface area contributed by atoms with Crippen molar-refractivity contribution in [2.45, 2.75) is 25.8 Å². The third kappa shape index (κ3) is 5.93. The first-order valence-corrected chi connectivity index (χ1v) is 11.6. The van der Waals surface area contributed by atoms with Crippen molar-refractivity contribution in [3.8, 4) is 5.69 Å². The molecule has 0 aliphatic heterocycles. The van der Waals surface area contributed by atoms with Gasteiger partial charge in [0.15, 0.2) is 0 Å². The van der Waals surface area contributed by atoms with E-state index in [1.54, 1.807) is 42.6 Å². The maximum atomic E-state index is 13.8. The largest absolute Gasteiger partial charge is 0.349 e. The number of hydrogen-bond acceptors (Lipinski definition) is 3. The van der Waals surface area contributed by atoms with E-state index in [-0.39, 0.29) is 17.2 Å². The van der Waals surface area contributed by atoms with Crippen molar-refractivity contribution >= 4 is 17.5 Å². The molecular weight excluding hydrogens is 457 g/mol. The molecule has 0 saturated carbocycles. The molecule has 7 heteroatoms. The number of benzene rings is 3. The van der Waals surface area contributed by atoms with E-state index in [0.29, 0.717) is 11.4 Å². The maximum Gasteiger partial charge on any atom is 0.267 e. The number of carbonyl (C=O) groups excluding carboxylic acids is 2. The highest BCUT2D eigenvalue weighted by Gasteiger charge is 2.16. The maximum absolute atomic E-state index is 13.8. The molecule has 2 N–H and O–H groups in total.